The van der Waals surface area contributed by atoms with Crippen molar-refractivity contribution in [2.24, 2.45) is 0 Å². The van der Waals surface area contributed by atoms with E-state index in [1.54, 1.807) is 66.7 Å². The normalized spacial score (nSPS) is 18.4. The first-order chi connectivity index (χ1) is 16.4. The lowest BCUT2D eigenvalue weighted by Crippen LogP contribution is -2.51. The van der Waals surface area contributed by atoms with Crippen LogP contribution in [0, 0.1) is 10.1 Å². The Hall–Kier alpha value is -3.98. The van der Waals surface area contributed by atoms with E-state index in [2.05, 4.69) is 5.32 Å². The molecular weight excluding hydrogens is 454 g/mol. The number of carbonyl (C=O) groups is 1. The molecule has 1 N–H and O–H groups in total. The Bertz CT molecular complexity index is 1220. The standard InChI is InChI=1S/C25H23N3O5S/c1-32-21-14-13-17(15-22(21)33-2)20(16-27(30)31)25(18-9-5-3-6-10-18)23(29)28(24(34)26-25)19-11-7-4-8-12-19/h3-15,20H,16H2,1-2H3,(H,26,34)/t20-,25-/m0/s1. The maximum Gasteiger partial charge on any atom is 0.264 e. The van der Waals surface area contributed by atoms with Crippen LogP contribution in [0.25, 0.3) is 0 Å². The second kappa shape index (κ2) is 9.48. The number of nitrogens with one attached hydrogen (secondary N) is 1. The molecule has 4 rings (SSSR count). The summed E-state index contributed by atoms with van der Waals surface area (Å²) in [6, 6.07) is 23.0. The smallest absolute Gasteiger partial charge is 0.264 e. The molecule has 174 valence electrons. The van der Waals surface area contributed by atoms with Gasteiger partial charge in [-0.1, -0.05) is 54.6 Å². The molecule has 3 aromatic rings. The van der Waals surface area contributed by atoms with Crippen molar-refractivity contribution < 1.29 is 19.2 Å². The monoisotopic (exact) mass is 477 g/mol. The molecule has 1 aliphatic heterocycles. The Morgan fingerprint density at radius 3 is 2.21 bits per heavy atom. The van der Waals surface area contributed by atoms with Gasteiger partial charge in [0.25, 0.3) is 5.91 Å². The molecule has 0 saturated carbocycles. The van der Waals surface area contributed by atoms with E-state index in [-0.39, 0.29) is 5.11 Å². The summed E-state index contributed by atoms with van der Waals surface area (Å²) in [6.07, 6.45) is 0. The molecule has 34 heavy (non-hydrogen) atoms. The molecule has 0 spiro atoms. The number of benzene rings is 3. The van der Waals surface area contributed by atoms with Gasteiger partial charge in [-0.3, -0.25) is 19.8 Å². The number of carbonyl (C=O) groups excluding carboxylic acids is 1. The number of nitro groups is 1. The molecule has 1 aliphatic rings. The first kappa shape index (κ1) is 23.2. The maximum atomic E-state index is 14.2. The Labute approximate surface area is 202 Å². The third kappa shape index (κ3) is 3.94. The van der Waals surface area contributed by atoms with Crippen molar-refractivity contribution in [2.75, 3.05) is 25.7 Å². The van der Waals surface area contributed by atoms with Gasteiger partial charge in [-0.05, 0) is 47.6 Å². The van der Waals surface area contributed by atoms with Crippen molar-refractivity contribution in [3.63, 3.8) is 0 Å². The summed E-state index contributed by atoms with van der Waals surface area (Å²) in [5.41, 5.74) is 0.176. The van der Waals surface area contributed by atoms with Crippen LogP contribution in [-0.4, -0.2) is 36.7 Å². The fourth-order valence-electron chi connectivity index (χ4n) is 4.40. The van der Waals surface area contributed by atoms with Crippen molar-refractivity contribution in [1.29, 1.82) is 0 Å². The van der Waals surface area contributed by atoms with Crippen LogP contribution in [-0.2, 0) is 10.3 Å². The molecule has 0 radical (unpaired) electrons. The van der Waals surface area contributed by atoms with Gasteiger partial charge in [0.1, 0.15) is 0 Å². The Kier molecular flexibility index (Phi) is 6.47. The number of para-hydroxylation sites is 1. The highest BCUT2D eigenvalue weighted by Crippen LogP contribution is 2.45. The van der Waals surface area contributed by atoms with Gasteiger partial charge in [-0.25, -0.2) is 0 Å². The molecule has 3 aromatic carbocycles. The molecule has 9 heteroatoms. The van der Waals surface area contributed by atoms with E-state index in [0.29, 0.717) is 28.3 Å². The predicted octanol–water partition coefficient (Wildman–Crippen LogP) is 3.88. The van der Waals surface area contributed by atoms with E-state index >= 15 is 0 Å². The number of amides is 1. The third-order valence-electron chi connectivity index (χ3n) is 5.96. The van der Waals surface area contributed by atoms with Crippen LogP contribution in [0.15, 0.2) is 78.9 Å². The van der Waals surface area contributed by atoms with Crippen LogP contribution in [0.5, 0.6) is 11.5 Å². The molecule has 8 nitrogen and oxygen atoms in total. The number of hydrogen-bond acceptors (Lipinski definition) is 6. The van der Waals surface area contributed by atoms with E-state index in [0.717, 1.165) is 0 Å². The van der Waals surface area contributed by atoms with Crippen molar-refractivity contribution >= 4 is 28.9 Å². The molecule has 0 aliphatic carbocycles. The van der Waals surface area contributed by atoms with Crippen LogP contribution in [0.1, 0.15) is 17.0 Å². The summed E-state index contributed by atoms with van der Waals surface area (Å²) in [5.74, 6) is -0.420. The minimum Gasteiger partial charge on any atom is -0.493 e. The van der Waals surface area contributed by atoms with Gasteiger partial charge >= 0.3 is 0 Å². The van der Waals surface area contributed by atoms with Crippen LogP contribution in [0.3, 0.4) is 0 Å². The average molecular weight is 478 g/mol. The third-order valence-corrected chi connectivity index (χ3v) is 6.24. The molecule has 0 aromatic heterocycles. The first-order valence-electron chi connectivity index (χ1n) is 10.5. The van der Waals surface area contributed by atoms with Crippen LogP contribution in [0.4, 0.5) is 5.69 Å². The highest BCUT2D eigenvalue weighted by molar-refractivity contribution is 7.80. The van der Waals surface area contributed by atoms with Crippen molar-refractivity contribution in [3.05, 3.63) is 100 Å². The fraction of sp³-hybridized carbons (Fsp3) is 0.200. The zero-order valence-electron chi connectivity index (χ0n) is 18.6. The number of rotatable bonds is 8. The number of thiocarbonyl (C=S) groups is 1. The van der Waals surface area contributed by atoms with Gasteiger partial charge in [-0.2, -0.15) is 0 Å². The molecular formula is C25H23N3O5S. The maximum absolute atomic E-state index is 14.2. The van der Waals surface area contributed by atoms with Gasteiger partial charge in [0.15, 0.2) is 22.2 Å². The minimum atomic E-state index is -1.51. The average Bonchev–Trinajstić information content (AvgIpc) is 3.13. The molecule has 0 bridgehead atoms. The number of nitrogens with zero attached hydrogens (tertiary/aromatic N) is 2. The highest BCUT2D eigenvalue weighted by atomic mass is 32.1. The number of anilines is 1. The van der Waals surface area contributed by atoms with Gasteiger partial charge in [-0.15, -0.1) is 0 Å². The van der Waals surface area contributed by atoms with E-state index < -0.39 is 28.8 Å². The van der Waals surface area contributed by atoms with Crippen LogP contribution in [0.2, 0.25) is 0 Å². The lowest BCUT2D eigenvalue weighted by atomic mass is 9.74. The lowest BCUT2D eigenvalue weighted by molar-refractivity contribution is -0.485. The summed E-state index contributed by atoms with van der Waals surface area (Å²) in [6.45, 7) is -0.519. The molecule has 2 atom stereocenters. The molecule has 1 saturated heterocycles. The van der Waals surface area contributed by atoms with Crippen LogP contribution < -0.4 is 19.7 Å². The zero-order valence-corrected chi connectivity index (χ0v) is 19.5. The van der Waals surface area contributed by atoms with Crippen molar-refractivity contribution in [3.8, 4) is 11.5 Å². The number of hydrogen-bond donors (Lipinski definition) is 1. The number of methoxy groups -OCH3 is 2. The van der Waals surface area contributed by atoms with E-state index in [1.807, 2.05) is 12.1 Å². The van der Waals surface area contributed by atoms with E-state index in [9.17, 15) is 14.9 Å². The first-order valence-corrected chi connectivity index (χ1v) is 10.9. The lowest BCUT2D eigenvalue weighted by Gasteiger charge is -2.34. The predicted molar refractivity (Wildman–Crippen MR) is 132 cm³/mol. The van der Waals surface area contributed by atoms with Gasteiger partial charge in [0.05, 0.1) is 25.8 Å². The SMILES string of the molecule is COc1ccc([C@H](C[N+](=O)[O-])[C@]2(c3ccccc3)NC(=S)N(c3ccccc3)C2=O)cc1OC. The van der Waals surface area contributed by atoms with Crippen molar-refractivity contribution in [1.82, 2.24) is 5.32 Å². The fourth-order valence-corrected chi connectivity index (χ4v) is 4.75. The molecule has 0 unspecified atom stereocenters. The molecule has 1 heterocycles. The van der Waals surface area contributed by atoms with Crippen molar-refractivity contribution in [2.45, 2.75) is 11.5 Å². The number of ether oxygens (including phenoxy) is 2. The summed E-state index contributed by atoms with van der Waals surface area (Å²) in [7, 11) is 3.00. The molecule has 1 amide bonds. The second-order valence-corrected chi connectivity index (χ2v) is 8.15. The Morgan fingerprint density at radius 1 is 1.00 bits per heavy atom. The van der Waals surface area contributed by atoms with E-state index in [4.69, 9.17) is 21.7 Å². The Morgan fingerprint density at radius 2 is 1.62 bits per heavy atom. The van der Waals surface area contributed by atoms with Crippen LogP contribution >= 0.6 is 12.2 Å². The van der Waals surface area contributed by atoms with Gasteiger partial charge in [0, 0.05) is 4.92 Å². The zero-order chi connectivity index (χ0) is 24.3. The highest BCUT2D eigenvalue weighted by Gasteiger charge is 2.58. The topological polar surface area (TPSA) is 93.9 Å². The Balaban J connectivity index is 1.95. The summed E-state index contributed by atoms with van der Waals surface area (Å²) < 4.78 is 10.8. The minimum absolute atomic E-state index is 0.175. The van der Waals surface area contributed by atoms with E-state index in [1.165, 1.54) is 19.1 Å². The van der Waals surface area contributed by atoms with Gasteiger partial charge in [0.2, 0.25) is 6.54 Å². The molecule has 1 fully saturated rings. The summed E-state index contributed by atoms with van der Waals surface area (Å²) in [5, 5.41) is 15.3. The summed E-state index contributed by atoms with van der Waals surface area (Å²) in [4.78, 5) is 27.1. The van der Waals surface area contributed by atoms with Gasteiger partial charge < -0.3 is 14.8 Å². The largest absolute Gasteiger partial charge is 0.493 e. The summed E-state index contributed by atoms with van der Waals surface area (Å²) >= 11 is 5.60. The second-order valence-electron chi connectivity index (χ2n) is 7.76. The quantitative estimate of drug-likeness (QED) is 0.299.